The highest BCUT2D eigenvalue weighted by molar-refractivity contribution is 5.87. The summed E-state index contributed by atoms with van der Waals surface area (Å²) in [6, 6.07) is 9.12. The summed E-state index contributed by atoms with van der Waals surface area (Å²) in [6.45, 7) is 3.79. The Morgan fingerprint density at radius 3 is 2.47 bits per heavy atom. The normalized spacial score (nSPS) is 10.8. The Hall–Kier alpha value is -2.17. The molecule has 2 rings (SSSR count). The van der Waals surface area contributed by atoms with Crippen LogP contribution in [-0.4, -0.2) is 26.1 Å². The molecule has 0 amide bonds. The van der Waals surface area contributed by atoms with E-state index in [0.717, 1.165) is 0 Å². The first kappa shape index (κ1) is 11.3. The third kappa shape index (κ3) is 2.04. The van der Waals surface area contributed by atoms with Gasteiger partial charge in [-0.2, -0.15) is 0 Å². The predicted octanol–water partition coefficient (Wildman–Crippen LogP) is 2.09. The SMILES string of the molecule is CC(C)c1nnn(-c2ccccc2)c1C(=O)O. The summed E-state index contributed by atoms with van der Waals surface area (Å²) < 4.78 is 1.36. The molecule has 1 N–H and O–H groups in total. The van der Waals surface area contributed by atoms with Gasteiger partial charge < -0.3 is 5.11 Å². The fourth-order valence-electron chi connectivity index (χ4n) is 1.63. The number of para-hydroxylation sites is 1. The topological polar surface area (TPSA) is 68.0 Å². The van der Waals surface area contributed by atoms with E-state index in [9.17, 15) is 9.90 Å². The zero-order valence-electron chi connectivity index (χ0n) is 9.66. The third-order valence-electron chi connectivity index (χ3n) is 2.45. The van der Waals surface area contributed by atoms with Crippen molar-refractivity contribution >= 4 is 5.97 Å². The van der Waals surface area contributed by atoms with Crippen molar-refractivity contribution in [2.45, 2.75) is 19.8 Å². The molecule has 0 spiro atoms. The molecule has 88 valence electrons. The van der Waals surface area contributed by atoms with E-state index in [1.165, 1.54) is 4.68 Å². The van der Waals surface area contributed by atoms with Gasteiger partial charge in [-0.15, -0.1) is 5.10 Å². The van der Waals surface area contributed by atoms with Gasteiger partial charge in [0.25, 0.3) is 0 Å². The number of nitrogens with zero attached hydrogens (tertiary/aromatic N) is 3. The lowest BCUT2D eigenvalue weighted by Crippen LogP contribution is -2.10. The second-order valence-electron chi connectivity index (χ2n) is 4.03. The number of hydrogen-bond donors (Lipinski definition) is 1. The first-order valence-corrected chi connectivity index (χ1v) is 5.35. The highest BCUT2D eigenvalue weighted by Gasteiger charge is 2.22. The number of benzene rings is 1. The number of aromatic nitrogens is 3. The van der Waals surface area contributed by atoms with Crippen LogP contribution in [0.2, 0.25) is 0 Å². The van der Waals surface area contributed by atoms with E-state index in [-0.39, 0.29) is 11.6 Å². The van der Waals surface area contributed by atoms with Crippen LogP contribution in [-0.2, 0) is 0 Å². The van der Waals surface area contributed by atoms with E-state index in [1.54, 1.807) is 12.1 Å². The first-order valence-electron chi connectivity index (χ1n) is 5.35. The van der Waals surface area contributed by atoms with Gasteiger partial charge in [-0.1, -0.05) is 37.3 Å². The van der Waals surface area contributed by atoms with Gasteiger partial charge in [-0.3, -0.25) is 0 Å². The number of carboxylic acid groups (broad SMARTS) is 1. The molecule has 5 heteroatoms. The minimum absolute atomic E-state index is 0.0264. The molecule has 1 heterocycles. The Kier molecular flexibility index (Phi) is 2.91. The molecule has 0 aliphatic rings. The molecule has 0 saturated heterocycles. The van der Waals surface area contributed by atoms with Gasteiger partial charge in [0.1, 0.15) is 5.69 Å². The summed E-state index contributed by atoms with van der Waals surface area (Å²) in [5.41, 5.74) is 1.33. The van der Waals surface area contributed by atoms with Crippen molar-refractivity contribution in [3.05, 3.63) is 41.7 Å². The van der Waals surface area contributed by atoms with Crippen LogP contribution in [0, 0.1) is 0 Å². The molecule has 17 heavy (non-hydrogen) atoms. The number of rotatable bonds is 3. The molecule has 0 radical (unpaired) electrons. The van der Waals surface area contributed by atoms with Gasteiger partial charge in [0.15, 0.2) is 5.69 Å². The molecule has 0 atom stereocenters. The van der Waals surface area contributed by atoms with Gasteiger partial charge in [-0.05, 0) is 18.1 Å². The molecule has 0 aliphatic carbocycles. The molecule has 5 nitrogen and oxygen atoms in total. The van der Waals surface area contributed by atoms with Crippen LogP contribution in [0.5, 0.6) is 0 Å². The summed E-state index contributed by atoms with van der Waals surface area (Å²) in [5, 5.41) is 17.1. The minimum Gasteiger partial charge on any atom is -0.476 e. The molecular weight excluding hydrogens is 218 g/mol. The standard InChI is InChI=1S/C12H13N3O2/c1-8(2)10-11(12(16)17)15(14-13-10)9-6-4-3-5-7-9/h3-8H,1-2H3,(H,16,17). The molecule has 2 aromatic rings. The Balaban J connectivity index is 2.60. The van der Waals surface area contributed by atoms with E-state index in [2.05, 4.69) is 10.3 Å². The Morgan fingerprint density at radius 2 is 1.94 bits per heavy atom. The van der Waals surface area contributed by atoms with Crippen LogP contribution >= 0.6 is 0 Å². The molecule has 1 aromatic heterocycles. The molecule has 0 bridgehead atoms. The maximum absolute atomic E-state index is 11.3. The second-order valence-corrected chi connectivity index (χ2v) is 4.03. The van der Waals surface area contributed by atoms with Crippen molar-refractivity contribution in [1.82, 2.24) is 15.0 Å². The van der Waals surface area contributed by atoms with Crippen molar-refractivity contribution in [2.75, 3.05) is 0 Å². The lowest BCUT2D eigenvalue weighted by atomic mass is 10.1. The number of carboxylic acids is 1. The number of carbonyl (C=O) groups is 1. The van der Waals surface area contributed by atoms with Gasteiger partial charge in [0.2, 0.25) is 0 Å². The summed E-state index contributed by atoms with van der Waals surface area (Å²) in [7, 11) is 0. The van der Waals surface area contributed by atoms with Crippen LogP contribution in [0.3, 0.4) is 0 Å². The van der Waals surface area contributed by atoms with Crippen molar-refractivity contribution in [2.24, 2.45) is 0 Å². The Labute approximate surface area is 98.7 Å². The van der Waals surface area contributed by atoms with Crippen LogP contribution in [0.4, 0.5) is 0 Å². The average molecular weight is 231 g/mol. The summed E-state index contributed by atoms with van der Waals surface area (Å²) >= 11 is 0. The van der Waals surface area contributed by atoms with Gasteiger partial charge >= 0.3 is 5.97 Å². The molecule has 0 aliphatic heterocycles. The highest BCUT2D eigenvalue weighted by atomic mass is 16.4. The summed E-state index contributed by atoms with van der Waals surface area (Å²) in [6.07, 6.45) is 0. The van der Waals surface area contributed by atoms with Gasteiger partial charge in [0.05, 0.1) is 5.69 Å². The zero-order chi connectivity index (χ0) is 12.4. The second kappa shape index (κ2) is 4.37. The highest BCUT2D eigenvalue weighted by Crippen LogP contribution is 2.19. The smallest absolute Gasteiger partial charge is 0.356 e. The van der Waals surface area contributed by atoms with Crippen molar-refractivity contribution in [3.8, 4) is 5.69 Å². The van der Waals surface area contributed by atoms with Gasteiger partial charge in [0, 0.05) is 0 Å². The minimum atomic E-state index is -1.01. The van der Waals surface area contributed by atoms with E-state index in [0.29, 0.717) is 11.4 Å². The zero-order valence-corrected chi connectivity index (χ0v) is 9.66. The van der Waals surface area contributed by atoms with E-state index in [4.69, 9.17) is 0 Å². The maximum Gasteiger partial charge on any atom is 0.356 e. The molecular formula is C12H13N3O2. The largest absolute Gasteiger partial charge is 0.476 e. The summed E-state index contributed by atoms with van der Waals surface area (Å²) in [4.78, 5) is 11.3. The third-order valence-corrected chi connectivity index (χ3v) is 2.45. The van der Waals surface area contributed by atoms with E-state index in [1.807, 2.05) is 32.0 Å². The number of hydrogen-bond acceptors (Lipinski definition) is 3. The Morgan fingerprint density at radius 1 is 1.29 bits per heavy atom. The molecule has 1 aromatic carbocycles. The number of aromatic carboxylic acids is 1. The quantitative estimate of drug-likeness (QED) is 0.878. The van der Waals surface area contributed by atoms with E-state index < -0.39 is 5.97 Å². The maximum atomic E-state index is 11.3. The molecule has 0 unspecified atom stereocenters. The van der Waals surface area contributed by atoms with Crippen molar-refractivity contribution in [1.29, 1.82) is 0 Å². The van der Waals surface area contributed by atoms with Gasteiger partial charge in [-0.25, -0.2) is 9.48 Å². The Bertz CT molecular complexity index is 532. The molecule has 0 saturated carbocycles. The molecule has 0 fully saturated rings. The van der Waals surface area contributed by atoms with Crippen molar-refractivity contribution in [3.63, 3.8) is 0 Å². The first-order chi connectivity index (χ1) is 8.11. The monoisotopic (exact) mass is 231 g/mol. The van der Waals surface area contributed by atoms with Crippen LogP contribution in [0.25, 0.3) is 5.69 Å². The fraction of sp³-hybridized carbons (Fsp3) is 0.250. The average Bonchev–Trinajstić information content (AvgIpc) is 2.74. The van der Waals surface area contributed by atoms with E-state index >= 15 is 0 Å². The van der Waals surface area contributed by atoms with Crippen LogP contribution < -0.4 is 0 Å². The van der Waals surface area contributed by atoms with Crippen LogP contribution in [0.1, 0.15) is 35.9 Å². The predicted molar refractivity (Wildman–Crippen MR) is 62.4 cm³/mol. The fourth-order valence-corrected chi connectivity index (χ4v) is 1.63. The lowest BCUT2D eigenvalue weighted by Gasteiger charge is -2.05. The lowest BCUT2D eigenvalue weighted by molar-refractivity contribution is 0.0685. The summed E-state index contributed by atoms with van der Waals surface area (Å²) in [5.74, 6) is -0.985. The van der Waals surface area contributed by atoms with Crippen LogP contribution in [0.15, 0.2) is 30.3 Å². The van der Waals surface area contributed by atoms with Crippen molar-refractivity contribution < 1.29 is 9.90 Å².